The number of hydrogen-bond donors (Lipinski definition) is 3. The van der Waals surface area contributed by atoms with E-state index in [0.29, 0.717) is 32.7 Å². The summed E-state index contributed by atoms with van der Waals surface area (Å²) in [6.07, 6.45) is 0.708. The van der Waals surface area contributed by atoms with E-state index in [2.05, 4.69) is 10.6 Å². The number of phenolic OH excluding ortho intramolecular Hbond substituents is 1. The fourth-order valence-corrected chi connectivity index (χ4v) is 4.53. The van der Waals surface area contributed by atoms with Gasteiger partial charge in [-0.1, -0.05) is 43.3 Å². The van der Waals surface area contributed by atoms with Gasteiger partial charge in [-0.2, -0.15) is 0 Å². The SMILES string of the molecule is CC[C@@H](Nc1c(Nc2cccc(C(=O)N3CC4(COC4)C3)c2O)c(=O)c1=O)c1ccccc1. The molecule has 2 aliphatic heterocycles. The fraction of sp³-hybridized carbons (Fsp3) is 0.320. The maximum absolute atomic E-state index is 12.9. The lowest BCUT2D eigenvalue weighted by Crippen LogP contribution is -2.67. The number of hydrogen-bond acceptors (Lipinski definition) is 7. The van der Waals surface area contributed by atoms with Gasteiger partial charge in [-0.25, -0.2) is 0 Å². The molecule has 0 radical (unpaired) electrons. The largest absolute Gasteiger partial charge is 0.505 e. The van der Waals surface area contributed by atoms with Crippen molar-refractivity contribution in [1.29, 1.82) is 0 Å². The summed E-state index contributed by atoms with van der Waals surface area (Å²) in [5.74, 6) is -0.519. The van der Waals surface area contributed by atoms with Crippen LogP contribution in [0.2, 0.25) is 0 Å². The number of nitrogens with one attached hydrogen (secondary N) is 2. The van der Waals surface area contributed by atoms with E-state index in [9.17, 15) is 19.5 Å². The van der Waals surface area contributed by atoms with Crippen LogP contribution in [0, 0.1) is 5.41 Å². The smallest absolute Gasteiger partial charge is 0.257 e. The highest BCUT2D eigenvalue weighted by Crippen LogP contribution is 2.40. The van der Waals surface area contributed by atoms with E-state index < -0.39 is 10.9 Å². The summed E-state index contributed by atoms with van der Waals surface area (Å²) in [6.45, 7) is 4.51. The van der Waals surface area contributed by atoms with E-state index in [1.54, 1.807) is 23.1 Å². The highest BCUT2D eigenvalue weighted by atomic mass is 16.5. The van der Waals surface area contributed by atoms with E-state index in [1.807, 2.05) is 37.3 Å². The van der Waals surface area contributed by atoms with E-state index in [0.717, 1.165) is 5.56 Å². The molecule has 0 saturated carbocycles. The number of benzene rings is 2. The van der Waals surface area contributed by atoms with Crippen molar-refractivity contribution in [3.8, 4) is 5.75 Å². The predicted molar refractivity (Wildman–Crippen MR) is 125 cm³/mol. The molecule has 3 aromatic carbocycles. The van der Waals surface area contributed by atoms with Crippen LogP contribution in [0.4, 0.5) is 17.1 Å². The summed E-state index contributed by atoms with van der Waals surface area (Å²) < 4.78 is 5.24. The van der Waals surface area contributed by atoms with Gasteiger partial charge < -0.3 is 25.4 Å². The first kappa shape index (κ1) is 21.2. The molecule has 3 N–H and O–H groups in total. The fourth-order valence-electron chi connectivity index (χ4n) is 4.53. The Morgan fingerprint density at radius 3 is 2.39 bits per heavy atom. The summed E-state index contributed by atoms with van der Waals surface area (Å²) in [5.41, 5.74) is 0.423. The number of likely N-dealkylation sites (tertiary alicyclic amines) is 1. The summed E-state index contributed by atoms with van der Waals surface area (Å²) in [6, 6.07) is 14.3. The Morgan fingerprint density at radius 2 is 1.76 bits per heavy atom. The molecule has 0 bridgehead atoms. The molecule has 5 rings (SSSR count). The van der Waals surface area contributed by atoms with E-state index in [4.69, 9.17) is 4.74 Å². The summed E-state index contributed by atoms with van der Waals surface area (Å²) >= 11 is 0. The molecule has 2 aliphatic rings. The Labute approximate surface area is 190 Å². The maximum Gasteiger partial charge on any atom is 0.257 e. The van der Waals surface area contributed by atoms with E-state index in [1.165, 1.54) is 0 Å². The Bertz CT molecular complexity index is 1270. The quantitative estimate of drug-likeness (QED) is 0.378. The van der Waals surface area contributed by atoms with Gasteiger partial charge in [0.05, 0.1) is 35.9 Å². The number of ether oxygens (including phenoxy) is 1. The third-order valence-electron chi connectivity index (χ3n) is 6.52. The normalized spacial score (nSPS) is 17.3. The molecular formula is C25H25N3O5. The van der Waals surface area contributed by atoms with Crippen molar-refractivity contribution in [1.82, 2.24) is 4.90 Å². The number of para-hydroxylation sites is 1. The van der Waals surface area contributed by atoms with Gasteiger partial charge in [0.15, 0.2) is 5.75 Å². The zero-order valence-electron chi connectivity index (χ0n) is 18.3. The Balaban J connectivity index is 1.36. The van der Waals surface area contributed by atoms with Crippen molar-refractivity contribution in [3.63, 3.8) is 0 Å². The first-order chi connectivity index (χ1) is 15.9. The van der Waals surface area contributed by atoms with Crippen LogP contribution >= 0.6 is 0 Å². The van der Waals surface area contributed by atoms with Crippen molar-refractivity contribution < 1.29 is 14.6 Å². The second-order valence-corrected chi connectivity index (χ2v) is 8.90. The molecule has 0 aromatic heterocycles. The lowest BCUT2D eigenvalue weighted by molar-refractivity contribution is -0.176. The van der Waals surface area contributed by atoms with Crippen molar-refractivity contribution in [3.05, 3.63) is 80.1 Å². The molecule has 8 nitrogen and oxygen atoms in total. The minimum atomic E-state index is -0.661. The number of carbonyl (C=O) groups is 1. The average Bonchev–Trinajstić information content (AvgIpc) is 2.78. The Morgan fingerprint density at radius 1 is 1.06 bits per heavy atom. The van der Waals surface area contributed by atoms with Gasteiger partial charge >= 0.3 is 0 Å². The standard InChI is InChI=1S/C25H25N3O5/c1-2-17(15-7-4-3-5-8-15)26-19-20(23(31)22(19)30)27-18-10-6-9-16(21(18)29)24(32)28-11-25(12-28)13-33-14-25/h3-10,17,26-27,29H,2,11-14H2,1H3/t17-/m1/s1. The van der Waals surface area contributed by atoms with Crippen LogP contribution in [0.15, 0.2) is 58.1 Å². The lowest BCUT2D eigenvalue weighted by atomic mass is 9.77. The van der Waals surface area contributed by atoms with Crippen molar-refractivity contribution in [2.24, 2.45) is 5.41 Å². The Hall–Kier alpha value is -3.65. The molecule has 8 heteroatoms. The third kappa shape index (κ3) is 3.56. The number of phenols is 1. The molecule has 170 valence electrons. The van der Waals surface area contributed by atoms with Gasteiger partial charge in [-0.05, 0) is 24.1 Å². The molecular weight excluding hydrogens is 422 g/mol. The molecule has 2 heterocycles. The molecule has 0 unspecified atom stereocenters. The zero-order valence-corrected chi connectivity index (χ0v) is 18.3. The van der Waals surface area contributed by atoms with Crippen LogP contribution in [-0.2, 0) is 4.74 Å². The third-order valence-corrected chi connectivity index (χ3v) is 6.52. The van der Waals surface area contributed by atoms with Gasteiger partial charge in [0.1, 0.15) is 11.4 Å². The van der Waals surface area contributed by atoms with Crippen LogP contribution in [0.25, 0.3) is 0 Å². The second-order valence-electron chi connectivity index (χ2n) is 8.90. The van der Waals surface area contributed by atoms with Crippen LogP contribution in [0.1, 0.15) is 35.3 Å². The predicted octanol–water partition coefficient (Wildman–Crippen LogP) is 2.77. The monoisotopic (exact) mass is 447 g/mol. The maximum atomic E-state index is 12.9. The average molecular weight is 447 g/mol. The lowest BCUT2D eigenvalue weighted by Gasteiger charge is -2.54. The molecule has 33 heavy (non-hydrogen) atoms. The van der Waals surface area contributed by atoms with Gasteiger partial charge in [0.2, 0.25) is 0 Å². The van der Waals surface area contributed by atoms with E-state index >= 15 is 0 Å². The van der Waals surface area contributed by atoms with Gasteiger partial charge in [-0.3, -0.25) is 14.4 Å². The molecule has 3 aromatic rings. The van der Waals surface area contributed by atoms with Crippen molar-refractivity contribution in [2.75, 3.05) is 36.9 Å². The topological polar surface area (TPSA) is 108 Å². The Kier molecular flexibility index (Phi) is 5.17. The van der Waals surface area contributed by atoms with Gasteiger partial charge in [-0.15, -0.1) is 0 Å². The number of nitrogens with zero attached hydrogens (tertiary/aromatic N) is 1. The molecule has 1 amide bonds. The first-order valence-electron chi connectivity index (χ1n) is 11.0. The van der Waals surface area contributed by atoms with Crippen LogP contribution in [-0.4, -0.2) is 42.2 Å². The zero-order chi connectivity index (χ0) is 23.2. The number of aromatic hydroxyl groups is 1. The summed E-state index contributed by atoms with van der Waals surface area (Å²) in [4.78, 5) is 39.2. The van der Waals surface area contributed by atoms with Gasteiger partial charge in [0, 0.05) is 13.1 Å². The molecule has 0 aliphatic carbocycles. The van der Waals surface area contributed by atoms with E-state index in [-0.39, 0.29) is 45.7 Å². The summed E-state index contributed by atoms with van der Waals surface area (Å²) in [7, 11) is 0. The number of rotatable bonds is 7. The number of amides is 1. The van der Waals surface area contributed by atoms with Crippen LogP contribution in [0.5, 0.6) is 5.75 Å². The van der Waals surface area contributed by atoms with Crippen molar-refractivity contribution >= 4 is 23.0 Å². The van der Waals surface area contributed by atoms with Crippen LogP contribution in [0.3, 0.4) is 0 Å². The van der Waals surface area contributed by atoms with Gasteiger partial charge in [0.25, 0.3) is 16.8 Å². The highest BCUT2D eigenvalue weighted by molar-refractivity contribution is 5.99. The van der Waals surface area contributed by atoms with Crippen LogP contribution < -0.4 is 21.5 Å². The first-order valence-corrected chi connectivity index (χ1v) is 11.0. The molecule has 2 saturated heterocycles. The number of anilines is 3. The molecule has 2 fully saturated rings. The molecule has 1 spiro atoms. The highest BCUT2D eigenvalue weighted by Gasteiger charge is 2.51. The minimum Gasteiger partial charge on any atom is -0.505 e. The van der Waals surface area contributed by atoms with Crippen molar-refractivity contribution in [2.45, 2.75) is 19.4 Å². The molecule has 1 atom stereocenters. The minimum absolute atomic E-state index is 0.0693. The number of carbonyl (C=O) groups excluding carboxylic acids is 1. The summed E-state index contributed by atoms with van der Waals surface area (Å²) in [5, 5.41) is 16.8. The second kappa shape index (κ2) is 8.04.